The van der Waals surface area contributed by atoms with Gasteiger partial charge in [-0.2, -0.15) is 11.8 Å². The van der Waals surface area contributed by atoms with Gasteiger partial charge in [-0.05, 0) is 0 Å². The summed E-state index contributed by atoms with van der Waals surface area (Å²) >= 11 is 3.45. The van der Waals surface area contributed by atoms with Crippen molar-refractivity contribution in [3.63, 3.8) is 0 Å². The van der Waals surface area contributed by atoms with E-state index in [-0.39, 0.29) is 6.03 Å². The Morgan fingerprint density at radius 1 is 1.32 bits per heavy atom. The first kappa shape index (κ1) is 15.2. The zero-order valence-electron chi connectivity index (χ0n) is 12.1. The molecule has 2 aromatic rings. The molecule has 1 aliphatic rings. The average molecular weight is 335 g/mol. The highest BCUT2D eigenvalue weighted by Crippen LogP contribution is 2.20. The summed E-state index contributed by atoms with van der Waals surface area (Å²) in [6.45, 7) is 2.28. The number of amides is 2. The van der Waals surface area contributed by atoms with Crippen LogP contribution in [0.25, 0.3) is 10.7 Å². The van der Waals surface area contributed by atoms with E-state index in [1.165, 1.54) is 0 Å². The van der Waals surface area contributed by atoms with Crippen LogP contribution < -0.4 is 5.32 Å². The number of urea groups is 1. The fraction of sp³-hybridized carbons (Fsp3) is 0.429. The molecule has 3 rings (SSSR count). The molecule has 0 bridgehead atoms. The maximum Gasteiger partial charge on any atom is 0.317 e. The van der Waals surface area contributed by atoms with Crippen molar-refractivity contribution in [2.24, 2.45) is 0 Å². The standard InChI is InChI=1S/C14H17N5OS2/c20-14(19-5-7-21-8-6-19)17-2-1-11-10-22-13(18-11)12-9-15-3-4-16-12/h3-4,9-10H,1-2,5-8H2,(H,17,20). The molecule has 0 saturated carbocycles. The molecule has 2 aromatic heterocycles. The minimum absolute atomic E-state index is 0.0321. The zero-order chi connectivity index (χ0) is 15.2. The van der Waals surface area contributed by atoms with Crippen molar-refractivity contribution < 1.29 is 4.79 Å². The second-order valence-corrected chi connectivity index (χ2v) is 6.90. The fourth-order valence-corrected chi connectivity index (χ4v) is 3.84. The number of carbonyl (C=O) groups is 1. The van der Waals surface area contributed by atoms with Crippen LogP contribution in [-0.4, -0.2) is 57.0 Å². The monoisotopic (exact) mass is 335 g/mol. The van der Waals surface area contributed by atoms with E-state index in [9.17, 15) is 4.79 Å². The Morgan fingerprint density at radius 2 is 2.18 bits per heavy atom. The summed E-state index contributed by atoms with van der Waals surface area (Å²) in [4.78, 5) is 26.7. The molecule has 0 atom stereocenters. The quantitative estimate of drug-likeness (QED) is 0.924. The molecule has 0 aromatic carbocycles. The van der Waals surface area contributed by atoms with E-state index in [0.29, 0.717) is 6.54 Å². The number of nitrogens with zero attached hydrogens (tertiary/aromatic N) is 4. The van der Waals surface area contributed by atoms with Gasteiger partial charge in [0.15, 0.2) is 0 Å². The maximum atomic E-state index is 12.0. The molecule has 8 heteroatoms. The Morgan fingerprint density at radius 3 is 2.95 bits per heavy atom. The Kier molecular flexibility index (Phi) is 5.23. The number of carbonyl (C=O) groups excluding carboxylic acids is 1. The lowest BCUT2D eigenvalue weighted by atomic mass is 10.3. The molecule has 1 fully saturated rings. The number of aromatic nitrogens is 3. The van der Waals surface area contributed by atoms with E-state index in [0.717, 1.165) is 47.4 Å². The Bertz CT molecular complexity index is 613. The molecule has 2 amide bonds. The molecular formula is C14H17N5OS2. The number of hydrogen-bond acceptors (Lipinski definition) is 6. The molecule has 0 spiro atoms. The second-order valence-electron chi connectivity index (χ2n) is 4.82. The second kappa shape index (κ2) is 7.55. The van der Waals surface area contributed by atoms with E-state index >= 15 is 0 Å². The lowest BCUT2D eigenvalue weighted by Crippen LogP contribution is -2.44. The molecule has 1 saturated heterocycles. The molecule has 3 heterocycles. The van der Waals surface area contributed by atoms with Crippen molar-refractivity contribution >= 4 is 29.1 Å². The molecule has 0 aliphatic carbocycles. The van der Waals surface area contributed by atoms with Crippen LogP contribution in [0.4, 0.5) is 4.79 Å². The van der Waals surface area contributed by atoms with Crippen LogP contribution in [0.2, 0.25) is 0 Å². The van der Waals surface area contributed by atoms with Gasteiger partial charge < -0.3 is 10.2 Å². The van der Waals surface area contributed by atoms with E-state index in [1.54, 1.807) is 29.9 Å². The Hall–Kier alpha value is -1.67. The van der Waals surface area contributed by atoms with Gasteiger partial charge in [0.1, 0.15) is 10.7 Å². The first-order valence-corrected chi connectivity index (χ1v) is 9.17. The molecule has 1 aliphatic heterocycles. The van der Waals surface area contributed by atoms with Crippen molar-refractivity contribution in [2.45, 2.75) is 6.42 Å². The zero-order valence-corrected chi connectivity index (χ0v) is 13.7. The summed E-state index contributed by atoms with van der Waals surface area (Å²) in [7, 11) is 0. The predicted molar refractivity (Wildman–Crippen MR) is 89.1 cm³/mol. The molecule has 116 valence electrons. The fourth-order valence-electron chi connectivity index (χ4n) is 2.12. The Labute approximate surface area is 137 Å². The number of hydrogen-bond donors (Lipinski definition) is 1. The average Bonchev–Trinajstić information content (AvgIpc) is 3.05. The molecular weight excluding hydrogens is 318 g/mol. The number of thioether (sulfide) groups is 1. The highest BCUT2D eigenvalue weighted by Gasteiger charge is 2.16. The molecule has 6 nitrogen and oxygen atoms in total. The van der Waals surface area contributed by atoms with Crippen LogP contribution in [0.15, 0.2) is 24.0 Å². The maximum absolute atomic E-state index is 12.0. The van der Waals surface area contributed by atoms with Crippen molar-refractivity contribution in [1.29, 1.82) is 0 Å². The smallest absolute Gasteiger partial charge is 0.317 e. The number of nitrogens with one attached hydrogen (secondary N) is 1. The third-order valence-electron chi connectivity index (χ3n) is 3.29. The largest absolute Gasteiger partial charge is 0.338 e. The molecule has 22 heavy (non-hydrogen) atoms. The summed E-state index contributed by atoms with van der Waals surface area (Å²) in [5, 5.41) is 5.84. The summed E-state index contributed by atoms with van der Waals surface area (Å²) in [5.74, 6) is 2.06. The predicted octanol–water partition coefficient (Wildman–Crippen LogP) is 1.90. The van der Waals surface area contributed by atoms with E-state index in [4.69, 9.17) is 0 Å². The minimum atomic E-state index is 0.0321. The van der Waals surface area contributed by atoms with Crippen LogP contribution in [0, 0.1) is 0 Å². The van der Waals surface area contributed by atoms with Gasteiger partial charge >= 0.3 is 6.03 Å². The van der Waals surface area contributed by atoms with Crippen LogP contribution in [-0.2, 0) is 6.42 Å². The topological polar surface area (TPSA) is 71.0 Å². The van der Waals surface area contributed by atoms with E-state index in [1.807, 2.05) is 22.0 Å². The van der Waals surface area contributed by atoms with Crippen molar-refractivity contribution in [3.05, 3.63) is 29.7 Å². The number of rotatable bonds is 4. The van der Waals surface area contributed by atoms with Crippen molar-refractivity contribution in [3.8, 4) is 10.7 Å². The highest BCUT2D eigenvalue weighted by molar-refractivity contribution is 7.99. The lowest BCUT2D eigenvalue weighted by molar-refractivity contribution is 0.203. The van der Waals surface area contributed by atoms with Gasteiger partial charge in [0.05, 0.1) is 11.9 Å². The summed E-state index contributed by atoms with van der Waals surface area (Å²) in [6, 6.07) is 0.0321. The van der Waals surface area contributed by atoms with Gasteiger partial charge in [-0.1, -0.05) is 0 Å². The normalized spacial score (nSPS) is 14.8. The van der Waals surface area contributed by atoms with Crippen molar-refractivity contribution in [2.75, 3.05) is 31.1 Å². The van der Waals surface area contributed by atoms with Gasteiger partial charge in [0.2, 0.25) is 0 Å². The summed E-state index contributed by atoms with van der Waals surface area (Å²) in [5.41, 5.74) is 1.76. The SMILES string of the molecule is O=C(NCCc1csc(-c2cnccn2)n1)N1CCSCC1. The molecule has 0 unspecified atom stereocenters. The van der Waals surface area contributed by atoms with Gasteiger partial charge in [-0.15, -0.1) is 11.3 Å². The van der Waals surface area contributed by atoms with E-state index in [2.05, 4.69) is 20.3 Å². The van der Waals surface area contributed by atoms with Crippen LogP contribution >= 0.6 is 23.1 Å². The third kappa shape index (κ3) is 3.95. The first-order valence-electron chi connectivity index (χ1n) is 7.14. The number of thiazole rings is 1. The van der Waals surface area contributed by atoms with Crippen molar-refractivity contribution in [1.82, 2.24) is 25.2 Å². The van der Waals surface area contributed by atoms with Crippen LogP contribution in [0.1, 0.15) is 5.69 Å². The summed E-state index contributed by atoms with van der Waals surface area (Å²) in [6.07, 6.45) is 5.74. The van der Waals surface area contributed by atoms with Crippen LogP contribution in [0.3, 0.4) is 0 Å². The first-order chi connectivity index (χ1) is 10.8. The third-order valence-corrected chi connectivity index (χ3v) is 5.15. The van der Waals surface area contributed by atoms with Gasteiger partial charge in [0, 0.05) is 55.3 Å². The molecule has 1 N–H and O–H groups in total. The lowest BCUT2D eigenvalue weighted by Gasteiger charge is -2.26. The van der Waals surface area contributed by atoms with Gasteiger partial charge in [0.25, 0.3) is 0 Å². The van der Waals surface area contributed by atoms with Gasteiger partial charge in [-0.3, -0.25) is 9.97 Å². The minimum Gasteiger partial charge on any atom is -0.338 e. The summed E-state index contributed by atoms with van der Waals surface area (Å²) < 4.78 is 0. The van der Waals surface area contributed by atoms with Gasteiger partial charge in [-0.25, -0.2) is 9.78 Å². The molecule has 0 radical (unpaired) electrons. The van der Waals surface area contributed by atoms with Crippen LogP contribution in [0.5, 0.6) is 0 Å². The van der Waals surface area contributed by atoms with E-state index < -0.39 is 0 Å². The Balaban J connectivity index is 1.48. The highest BCUT2D eigenvalue weighted by atomic mass is 32.2.